The van der Waals surface area contributed by atoms with Crippen LogP contribution in [0.2, 0.25) is 0 Å². The number of nitrogens with one attached hydrogen (secondary N) is 2. The van der Waals surface area contributed by atoms with Gasteiger partial charge in [-0.2, -0.15) is 5.21 Å². The minimum atomic E-state index is -0.229. The summed E-state index contributed by atoms with van der Waals surface area (Å²) in [5.74, 6) is 0.200. The third-order valence-corrected chi connectivity index (χ3v) is 2.48. The molecule has 2 heterocycles. The van der Waals surface area contributed by atoms with Crippen LogP contribution in [0.25, 0.3) is 0 Å². The zero-order valence-electron chi connectivity index (χ0n) is 7.76. The third-order valence-electron chi connectivity index (χ3n) is 1.65. The van der Waals surface area contributed by atoms with Crippen LogP contribution in [0, 0.1) is 6.92 Å². The number of carbonyl (C=O) groups is 1. The number of aromatic amines is 1. The summed E-state index contributed by atoms with van der Waals surface area (Å²) < 4.78 is 3.67. The van der Waals surface area contributed by atoms with E-state index in [0.29, 0.717) is 16.4 Å². The molecule has 0 radical (unpaired) electrons. The Hall–Kier alpha value is -1.90. The van der Waals surface area contributed by atoms with E-state index in [1.807, 2.05) is 0 Å². The maximum atomic E-state index is 11.6. The van der Waals surface area contributed by atoms with Gasteiger partial charge < -0.3 is 5.32 Å². The van der Waals surface area contributed by atoms with Crippen molar-refractivity contribution in [3.63, 3.8) is 0 Å². The van der Waals surface area contributed by atoms with Crippen molar-refractivity contribution in [3.8, 4) is 0 Å². The van der Waals surface area contributed by atoms with E-state index in [0.717, 1.165) is 11.5 Å². The fourth-order valence-electron chi connectivity index (χ4n) is 0.937. The number of aromatic nitrogens is 6. The minimum absolute atomic E-state index is 0.229. The second-order valence-electron chi connectivity index (χ2n) is 2.70. The lowest BCUT2D eigenvalue weighted by Gasteiger charge is -1.98. The van der Waals surface area contributed by atoms with Crippen molar-refractivity contribution in [2.24, 2.45) is 0 Å². The van der Waals surface area contributed by atoms with Crippen molar-refractivity contribution < 1.29 is 4.79 Å². The zero-order chi connectivity index (χ0) is 10.7. The third kappa shape index (κ3) is 2.13. The van der Waals surface area contributed by atoms with Gasteiger partial charge in [-0.1, -0.05) is 9.70 Å². The van der Waals surface area contributed by atoms with Gasteiger partial charge in [0.1, 0.15) is 4.88 Å². The standard InChI is InChI=1S/C6H7N7OS/c1-3-5(15-13-8-3)6(14)7-2-4-9-11-12-10-4/h2H2,1H3,(H,7,14)(H,9,10,11,12). The first kappa shape index (κ1) is 9.65. The van der Waals surface area contributed by atoms with Gasteiger partial charge in [0.05, 0.1) is 12.2 Å². The van der Waals surface area contributed by atoms with Crippen molar-refractivity contribution >= 4 is 17.4 Å². The molecule has 0 unspecified atom stereocenters. The quantitative estimate of drug-likeness (QED) is 0.714. The number of amides is 1. The number of carbonyl (C=O) groups excluding carboxylic acids is 1. The van der Waals surface area contributed by atoms with Gasteiger partial charge in [0.2, 0.25) is 0 Å². The highest BCUT2D eigenvalue weighted by atomic mass is 32.1. The van der Waals surface area contributed by atoms with Gasteiger partial charge in [-0.15, -0.1) is 15.3 Å². The number of tetrazole rings is 1. The number of aryl methyl sites for hydroxylation is 1. The molecule has 0 aliphatic rings. The van der Waals surface area contributed by atoms with Crippen LogP contribution in [0.5, 0.6) is 0 Å². The molecular formula is C6H7N7OS. The second kappa shape index (κ2) is 4.09. The van der Waals surface area contributed by atoms with Gasteiger partial charge in [0.25, 0.3) is 5.91 Å². The number of rotatable bonds is 3. The van der Waals surface area contributed by atoms with Crippen molar-refractivity contribution in [2.45, 2.75) is 13.5 Å². The van der Waals surface area contributed by atoms with E-state index in [1.165, 1.54) is 0 Å². The molecular weight excluding hydrogens is 218 g/mol. The molecule has 0 fully saturated rings. The smallest absolute Gasteiger partial charge is 0.265 e. The summed E-state index contributed by atoms with van der Waals surface area (Å²) in [4.78, 5) is 12.1. The molecule has 15 heavy (non-hydrogen) atoms. The Labute approximate surface area is 88.3 Å². The Bertz CT molecular complexity index is 450. The molecule has 2 rings (SSSR count). The number of hydrogen-bond acceptors (Lipinski definition) is 7. The molecule has 0 saturated carbocycles. The van der Waals surface area contributed by atoms with Gasteiger partial charge in [-0.05, 0) is 18.5 Å². The van der Waals surface area contributed by atoms with Crippen molar-refractivity contribution in [1.82, 2.24) is 35.5 Å². The summed E-state index contributed by atoms with van der Waals surface area (Å²) >= 11 is 1.06. The normalized spacial score (nSPS) is 10.2. The fraction of sp³-hybridized carbons (Fsp3) is 0.333. The van der Waals surface area contributed by atoms with E-state index < -0.39 is 0 Å². The highest BCUT2D eigenvalue weighted by Crippen LogP contribution is 2.08. The molecule has 2 aromatic heterocycles. The Balaban J connectivity index is 1.96. The zero-order valence-corrected chi connectivity index (χ0v) is 8.58. The Morgan fingerprint density at radius 3 is 3.00 bits per heavy atom. The monoisotopic (exact) mass is 225 g/mol. The number of nitrogens with zero attached hydrogens (tertiary/aromatic N) is 5. The molecule has 0 saturated heterocycles. The van der Waals surface area contributed by atoms with E-state index in [2.05, 4.69) is 35.5 Å². The first-order chi connectivity index (χ1) is 7.27. The predicted molar refractivity (Wildman–Crippen MR) is 50.0 cm³/mol. The lowest BCUT2D eigenvalue weighted by atomic mass is 10.4. The highest BCUT2D eigenvalue weighted by molar-refractivity contribution is 7.07. The highest BCUT2D eigenvalue weighted by Gasteiger charge is 2.13. The van der Waals surface area contributed by atoms with E-state index in [9.17, 15) is 4.79 Å². The molecule has 8 nitrogen and oxygen atoms in total. The molecule has 2 aromatic rings. The molecule has 78 valence electrons. The maximum Gasteiger partial charge on any atom is 0.265 e. The van der Waals surface area contributed by atoms with E-state index in [-0.39, 0.29) is 12.5 Å². The molecule has 0 aliphatic carbocycles. The number of H-pyrrole nitrogens is 1. The summed E-state index contributed by atoms with van der Waals surface area (Å²) in [6.45, 7) is 1.96. The molecule has 0 atom stereocenters. The Morgan fingerprint density at radius 2 is 2.40 bits per heavy atom. The van der Waals surface area contributed by atoms with Gasteiger partial charge in [-0.25, -0.2) is 0 Å². The average Bonchev–Trinajstić information content (AvgIpc) is 2.84. The topological polar surface area (TPSA) is 109 Å². The van der Waals surface area contributed by atoms with Crippen LogP contribution >= 0.6 is 11.5 Å². The lowest BCUT2D eigenvalue weighted by Crippen LogP contribution is -2.23. The van der Waals surface area contributed by atoms with Gasteiger partial charge in [0, 0.05) is 0 Å². The van der Waals surface area contributed by atoms with Crippen LogP contribution in [-0.2, 0) is 6.54 Å². The van der Waals surface area contributed by atoms with Gasteiger partial charge in [-0.3, -0.25) is 4.79 Å². The van der Waals surface area contributed by atoms with Crippen LogP contribution in [0.1, 0.15) is 21.2 Å². The summed E-state index contributed by atoms with van der Waals surface area (Å²) in [6.07, 6.45) is 0. The van der Waals surface area contributed by atoms with Crippen molar-refractivity contribution in [3.05, 3.63) is 16.4 Å². The van der Waals surface area contributed by atoms with E-state index in [4.69, 9.17) is 0 Å². The summed E-state index contributed by atoms with van der Waals surface area (Å²) in [5, 5.41) is 19.4. The van der Waals surface area contributed by atoms with Gasteiger partial charge in [0.15, 0.2) is 5.82 Å². The first-order valence-corrected chi connectivity index (χ1v) is 4.84. The van der Waals surface area contributed by atoms with Crippen LogP contribution in [-0.4, -0.2) is 36.1 Å². The lowest BCUT2D eigenvalue weighted by molar-refractivity contribution is 0.0953. The largest absolute Gasteiger partial charge is 0.344 e. The average molecular weight is 225 g/mol. The van der Waals surface area contributed by atoms with Gasteiger partial charge >= 0.3 is 0 Å². The SMILES string of the molecule is Cc1nnsc1C(=O)NCc1nn[nH]n1. The number of hydrogen-bond donors (Lipinski definition) is 2. The van der Waals surface area contributed by atoms with Crippen LogP contribution in [0.15, 0.2) is 0 Å². The fourth-order valence-corrected chi connectivity index (χ4v) is 1.51. The van der Waals surface area contributed by atoms with E-state index >= 15 is 0 Å². The molecule has 0 aliphatic heterocycles. The molecule has 1 amide bonds. The second-order valence-corrected chi connectivity index (χ2v) is 3.45. The van der Waals surface area contributed by atoms with Crippen LogP contribution in [0.4, 0.5) is 0 Å². The molecule has 0 bridgehead atoms. The molecule has 0 aromatic carbocycles. The Kier molecular flexibility index (Phi) is 2.63. The maximum absolute atomic E-state index is 11.6. The minimum Gasteiger partial charge on any atom is -0.344 e. The van der Waals surface area contributed by atoms with Crippen molar-refractivity contribution in [1.29, 1.82) is 0 Å². The van der Waals surface area contributed by atoms with E-state index in [1.54, 1.807) is 6.92 Å². The summed E-state index contributed by atoms with van der Waals surface area (Å²) in [7, 11) is 0. The Morgan fingerprint density at radius 1 is 1.53 bits per heavy atom. The summed E-state index contributed by atoms with van der Waals surface area (Å²) in [6, 6.07) is 0. The summed E-state index contributed by atoms with van der Waals surface area (Å²) in [5.41, 5.74) is 0.616. The molecule has 0 spiro atoms. The van der Waals surface area contributed by atoms with Crippen molar-refractivity contribution in [2.75, 3.05) is 0 Å². The van der Waals surface area contributed by atoms with Crippen LogP contribution < -0.4 is 5.32 Å². The molecule has 2 N–H and O–H groups in total. The van der Waals surface area contributed by atoms with Crippen LogP contribution in [0.3, 0.4) is 0 Å². The molecule has 9 heteroatoms. The predicted octanol–water partition coefficient (Wildman–Crippen LogP) is -0.710. The first-order valence-electron chi connectivity index (χ1n) is 4.07.